The Hall–Kier alpha value is -1.21. The minimum Gasteiger partial charge on any atom is -0.272 e. The molecule has 6 nitrogen and oxygen atoms in total. The lowest BCUT2D eigenvalue weighted by atomic mass is 10.1. The quantitative estimate of drug-likeness (QED) is 0.848. The van der Waals surface area contributed by atoms with Gasteiger partial charge in [0.05, 0.1) is 11.4 Å². The third-order valence-electron chi connectivity index (χ3n) is 5.05. The van der Waals surface area contributed by atoms with Gasteiger partial charge in [0.2, 0.25) is 15.9 Å². The Morgan fingerprint density at radius 2 is 1.65 bits per heavy atom. The molecule has 1 saturated carbocycles. The van der Waals surface area contributed by atoms with E-state index >= 15 is 0 Å². The second kappa shape index (κ2) is 6.36. The van der Waals surface area contributed by atoms with Gasteiger partial charge in [0.1, 0.15) is 4.90 Å². The summed E-state index contributed by atoms with van der Waals surface area (Å²) in [6.07, 6.45) is 6.75. The van der Waals surface area contributed by atoms with E-state index in [1.807, 2.05) is 0 Å². The van der Waals surface area contributed by atoms with Crippen LogP contribution in [0.4, 0.5) is 0 Å². The highest BCUT2D eigenvalue weighted by atomic mass is 32.2. The Morgan fingerprint density at radius 3 is 2.26 bits per heavy atom. The van der Waals surface area contributed by atoms with Crippen LogP contribution in [0.3, 0.4) is 0 Å². The number of carbonyl (C=O) groups is 1. The number of hydrogen-bond donors (Lipinski definition) is 0. The first kappa shape index (κ1) is 16.6. The summed E-state index contributed by atoms with van der Waals surface area (Å²) >= 11 is 0. The highest BCUT2D eigenvalue weighted by molar-refractivity contribution is 7.89. The maximum atomic E-state index is 12.9. The van der Waals surface area contributed by atoms with Crippen molar-refractivity contribution < 1.29 is 13.2 Å². The van der Waals surface area contributed by atoms with Gasteiger partial charge < -0.3 is 0 Å². The fourth-order valence-electron chi connectivity index (χ4n) is 3.80. The van der Waals surface area contributed by atoms with Crippen molar-refractivity contribution in [2.45, 2.75) is 63.7 Å². The molecule has 0 aromatic carbocycles. The minimum atomic E-state index is -3.56. The minimum absolute atomic E-state index is 0.0152. The topological polar surface area (TPSA) is 72.3 Å². The van der Waals surface area contributed by atoms with Crippen LogP contribution in [0.1, 0.15) is 61.1 Å². The van der Waals surface area contributed by atoms with Crippen molar-refractivity contribution in [1.82, 2.24) is 14.1 Å². The zero-order valence-electron chi connectivity index (χ0n) is 13.9. The molecule has 2 fully saturated rings. The Kier molecular flexibility index (Phi) is 4.60. The fraction of sp³-hybridized carbons (Fsp3) is 0.750. The van der Waals surface area contributed by atoms with Crippen LogP contribution in [0, 0.1) is 19.8 Å². The lowest BCUT2D eigenvalue weighted by molar-refractivity contribution is 0.0817. The number of rotatable bonds is 3. The Labute approximate surface area is 137 Å². The summed E-state index contributed by atoms with van der Waals surface area (Å²) in [4.78, 5) is 12.9. The van der Waals surface area contributed by atoms with Crippen LogP contribution in [0.15, 0.2) is 4.90 Å². The monoisotopic (exact) mass is 339 g/mol. The van der Waals surface area contributed by atoms with E-state index in [9.17, 15) is 13.2 Å². The van der Waals surface area contributed by atoms with E-state index in [2.05, 4.69) is 5.10 Å². The highest BCUT2D eigenvalue weighted by Crippen LogP contribution is 2.30. The number of carbonyl (C=O) groups excluding carboxylic acids is 1. The van der Waals surface area contributed by atoms with Crippen LogP contribution in [-0.4, -0.2) is 41.5 Å². The molecule has 128 valence electrons. The second-order valence-corrected chi connectivity index (χ2v) is 8.57. The van der Waals surface area contributed by atoms with E-state index in [0.717, 1.165) is 44.9 Å². The van der Waals surface area contributed by atoms with Gasteiger partial charge in [-0.1, -0.05) is 19.3 Å². The molecule has 0 N–H and O–H groups in total. The van der Waals surface area contributed by atoms with Crippen molar-refractivity contribution in [3.8, 4) is 0 Å². The molecule has 0 radical (unpaired) electrons. The SMILES string of the molecule is Cc1nn(C(=O)C2CCCC2)c(C)c1S(=O)(=O)N1CCCCC1. The number of aryl methyl sites for hydroxylation is 1. The predicted molar refractivity (Wildman–Crippen MR) is 86.9 cm³/mol. The van der Waals surface area contributed by atoms with Gasteiger partial charge in [-0.25, -0.2) is 13.1 Å². The third-order valence-corrected chi connectivity index (χ3v) is 7.20. The smallest absolute Gasteiger partial charge is 0.250 e. The van der Waals surface area contributed by atoms with Crippen LogP contribution in [0.5, 0.6) is 0 Å². The van der Waals surface area contributed by atoms with Gasteiger partial charge in [0, 0.05) is 19.0 Å². The van der Waals surface area contributed by atoms with Crippen LogP contribution in [-0.2, 0) is 10.0 Å². The molecule has 7 heteroatoms. The van der Waals surface area contributed by atoms with Crippen molar-refractivity contribution >= 4 is 15.9 Å². The molecular weight excluding hydrogens is 314 g/mol. The lowest BCUT2D eigenvalue weighted by Crippen LogP contribution is -2.36. The van der Waals surface area contributed by atoms with E-state index in [-0.39, 0.29) is 16.7 Å². The zero-order valence-corrected chi connectivity index (χ0v) is 14.7. The first-order chi connectivity index (χ1) is 10.9. The van der Waals surface area contributed by atoms with Crippen LogP contribution >= 0.6 is 0 Å². The highest BCUT2D eigenvalue weighted by Gasteiger charge is 2.34. The standard InChI is InChI=1S/C16H25N3O3S/c1-12-15(23(21,22)18-10-6-3-7-11-18)13(2)19(17-12)16(20)14-8-4-5-9-14/h14H,3-11H2,1-2H3. The van der Waals surface area contributed by atoms with Crippen molar-refractivity contribution in [2.75, 3.05) is 13.1 Å². The summed E-state index contributed by atoms with van der Waals surface area (Å²) < 4.78 is 28.8. The number of sulfonamides is 1. The summed E-state index contributed by atoms with van der Waals surface area (Å²) in [6, 6.07) is 0. The van der Waals surface area contributed by atoms with Gasteiger partial charge in [-0.3, -0.25) is 4.79 Å². The molecule has 2 aliphatic rings. The summed E-state index contributed by atoms with van der Waals surface area (Å²) in [5.41, 5.74) is 0.893. The Morgan fingerprint density at radius 1 is 1.04 bits per heavy atom. The molecule has 0 spiro atoms. The summed E-state index contributed by atoms with van der Waals surface area (Å²) in [5.74, 6) is -0.0678. The molecule has 3 rings (SSSR count). The summed E-state index contributed by atoms with van der Waals surface area (Å²) in [5, 5.41) is 4.28. The third kappa shape index (κ3) is 2.96. The van der Waals surface area contributed by atoms with Crippen LogP contribution < -0.4 is 0 Å². The molecule has 1 saturated heterocycles. The lowest BCUT2D eigenvalue weighted by Gasteiger charge is -2.25. The predicted octanol–water partition coefficient (Wildman–Crippen LogP) is 2.50. The van der Waals surface area contributed by atoms with Crippen molar-refractivity contribution in [1.29, 1.82) is 0 Å². The van der Waals surface area contributed by atoms with E-state index in [1.165, 1.54) is 8.99 Å². The normalized spacial score (nSPS) is 21.0. The average molecular weight is 339 g/mol. The number of hydrogen-bond acceptors (Lipinski definition) is 4. The van der Waals surface area contributed by atoms with Gasteiger partial charge >= 0.3 is 0 Å². The molecule has 1 aromatic rings. The van der Waals surface area contributed by atoms with Crippen molar-refractivity contribution in [2.24, 2.45) is 5.92 Å². The average Bonchev–Trinajstić information content (AvgIpc) is 3.16. The van der Waals surface area contributed by atoms with Gasteiger partial charge in [0.15, 0.2) is 0 Å². The molecule has 1 aliphatic heterocycles. The Balaban J connectivity index is 1.95. The molecule has 2 heterocycles. The molecule has 0 amide bonds. The van der Waals surface area contributed by atoms with E-state index < -0.39 is 10.0 Å². The first-order valence-corrected chi connectivity index (χ1v) is 9.97. The van der Waals surface area contributed by atoms with E-state index in [1.54, 1.807) is 13.8 Å². The zero-order chi connectivity index (χ0) is 16.6. The van der Waals surface area contributed by atoms with Crippen LogP contribution in [0.2, 0.25) is 0 Å². The number of aromatic nitrogens is 2. The maximum absolute atomic E-state index is 12.9. The molecule has 0 unspecified atom stereocenters. The molecule has 1 aromatic heterocycles. The second-order valence-electron chi connectivity index (χ2n) is 6.70. The van der Waals surface area contributed by atoms with Crippen molar-refractivity contribution in [3.05, 3.63) is 11.4 Å². The fourth-order valence-corrected chi connectivity index (χ4v) is 5.67. The Bertz CT molecular complexity index is 696. The molecular formula is C16H25N3O3S. The van der Waals surface area contributed by atoms with Crippen molar-refractivity contribution in [3.63, 3.8) is 0 Å². The largest absolute Gasteiger partial charge is 0.272 e. The van der Waals surface area contributed by atoms with Gasteiger partial charge in [-0.05, 0) is 39.5 Å². The molecule has 0 atom stereocenters. The molecule has 23 heavy (non-hydrogen) atoms. The van der Waals surface area contributed by atoms with Crippen LogP contribution in [0.25, 0.3) is 0 Å². The van der Waals surface area contributed by atoms with E-state index in [4.69, 9.17) is 0 Å². The first-order valence-electron chi connectivity index (χ1n) is 8.53. The van der Waals surface area contributed by atoms with Gasteiger partial charge in [-0.2, -0.15) is 9.40 Å². The van der Waals surface area contributed by atoms with Gasteiger partial charge in [0.25, 0.3) is 0 Å². The summed E-state index contributed by atoms with van der Waals surface area (Å²) in [6.45, 7) is 4.50. The number of nitrogens with zero attached hydrogens (tertiary/aromatic N) is 3. The maximum Gasteiger partial charge on any atom is 0.250 e. The molecule has 1 aliphatic carbocycles. The van der Waals surface area contributed by atoms with E-state index in [0.29, 0.717) is 24.5 Å². The summed E-state index contributed by atoms with van der Waals surface area (Å²) in [7, 11) is -3.56. The van der Waals surface area contributed by atoms with Gasteiger partial charge in [-0.15, -0.1) is 0 Å². The number of piperidine rings is 1. The molecule has 0 bridgehead atoms.